The summed E-state index contributed by atoms with van der Waals surface area (Å²) in [6.07, 6.45) is 3.07. The van der Waals surface area contributed by atoms with E-state index in [2.05, 4.69) is 47.2 Å². The third-order valence-corrected chi connectivity index (χ3v) is 3.50. The molecule has 0 amide bonds. The van der Waals surface area contributed by atoms with Crippen molar-refractivity contribution >= 4 is 12.6 Å². The highest BCUT2D eigenvalue weighted by molar-refractivity contribution is 7.64. The summed E-state index contributed by atoms with van der Waals surface area (Å²) >= 11 is 3.70. The van der Waals surface area contributed by atoms with E-state index in [9.17, 15) is 0 Å². The van der Waals surface area contributed by atoms with Crippen molar-refractivity contribution in [3.05, 3.63) is 0 Å². The highest BCUT2D eigenvalue weighted by Gasteiger charge is 2.42. The average molecular weight is 258 g/mol. The lowest BCUT2D eigenvalue weighted by Crippen LogP contribution is -2.59. The Bertz CT molecular complexity index is 247. The number of rotatable bonds is 3. The summed E-state index contributed by atoms with van der Waals surface area (Å²) < 4.78 is 6.97. The van der Waals surface area contributed by atoms with Gasteiger partial charge in [0.15, 0.2) is 6.73 Å². The molecule has 0 radical (unpaired) electrons. The summed E-state index contributed by atoms with van der Waals surface area (Å²) in [5, 5.41) is 8.47. The van der Waals surface area contributed by atoms with Crippen molar-refractivity contribution in [2.24, 2.45) is 0 Å². The zero-order valence-corrected chi connectivity index (χ0v) is 12.6. The molecule has 17 heavy (non-hydrogen) atoms. The fraction of sp³-hybridized carbons (Fsp3) is 0.923. The van der Waals surface area contributed by atoms with Crippen molar-refractivity contribution in [3.63, 3.8) is 0 Å². The monoisotopic (exact) mass is 258 g/mol. The average Bonchev–Trinajstić information content (AvgIpc) is 2.64. The minimum absolute atomic E-state index is 0.325. The zero-order valence-electron chi connectivity index (χ0n) is 11.8. The topological polar surface area (TPSA) is 33.0 Å². The van der Waals surface area contributed by atoms with Crippen molar-refractivity contribution < 1.29 is 9.22 Å². The van der Waals surface area contributed by atoms with Gasteiger partial charge in [0.2, 0.25) is 0 Å². The Morgan fingerprint density at radius 1 is 1.29 bits per heavy atom. The molecule has 100 valence electrons. The molecule has 0 atom stereocenters. The summed E-state index contributed by atoms with van der Waals surface area (Å²) in [4.78, 5) is 0. The van der Waals surface area contributed by atoms with E-state index in [4.69, 9.17) is 10.00 Å². The second-order valence-electron chi connectivity index (χ2n) is 5.91. The van der Waals surface area contributed by atoms with Gasteiger partial charge in [-0.05, 0) is 34.6 Å². The van der Waals surface area contributed by atoms with Gasteiger partial charge >= 0.3 is 0 Å². The van der Waals surface area contributed by atoms with Crippen LogP contribution in [-0.2, 0) is 17.4 Å². The third-order valence-electron chi connectivity index (χ3n) is 3.50. The van der Waals surface area contributed by atoms with Crippen molar-refractivity contribution in [1.82, 2.24) is 0 Å². The maximum Gasteiger partial charge on any atom is 0.183 e. The van der Waals surface area contributed by atoms with Crippen LogP contribution < -0.4 is 0 Å². The fourth-order valence-electron chi connectivity index (χ4n) is 2.23. The molecule has 4 heteroatoms. The van der Waals surface area contributed by atoms with Crippen LogP contribution in [0, 0.1) is 10.7 Å². The Labute approximate surface area is 112 Å². The minimum atomic E-state index is 0.325. The van der Waals surface area contributed by atoms with Crippen molar-refractivity contribution in [3.8, 4) is 5.40 Å². The summed E-state index contributed by atoms with van der Waals surface area (Å²) in [5.41, 5.74) is 0.325. The van der Waals surface area contributed by atoms with Gasteiger partial charge in [-0.15, -0.1) is 0 Å². The van der Waals surface area contributed by atoms with Gasteiger partial charge in [0.05, 0.1) is 24.7 Å². The van der Waals surface area contributed by atoms with Gasteiger partial charge in [0.25, 0.3) is 0 Å². The number of likely N-dealkylation sites (tertiary alicyclic amines) is 1. The maximum absolute atomic E-state index is 7.13. The van der Waals surface area contributed by atoms with Crippen LogP contribution >= 0.6 is 0 Å². The third kappa shape index (κ3) is 5.20. The molecule has 0 aromatic carbocycles. The van der Waals surface area contributed by atoms with E-state index in [0.29, 0.717) is 11.6 Å². The number of ether oxygens (including phenoxy) is 1. The number of thiocyanates is 1. The number of nitriles is 1. The first kappa shape index (κ1) is 16.6. The molecular weight excluding hydrogens is 232 g/mol. The van der Waals surface area contributed by atoms with E-state index in [1.165, 1.54) is 31.3 Å². The molecule has 0 unspecified atom stereocenters. The molecule has 1 rings (SSSR count). The molecular formula is C13H26N2OS. The van der Waals surface area contributed by atoms with Crippen molar-refractivity contribution in [1.29, 1.82) is 5.26 Å². The highest BCUT2D eigenvalue weighted by Crippen LogP contribution is 2.31. The van der Waals surface area contributed by atoms with Crippen LogP contribution in [0.15, 0.2) is 0 Å². The lowest BCUT2D eigenvalue weighted by Gasteiger charge is -2.45. The van der Waals surface area contributed by atoms with Crippen LogP contribution in [-0.4, -0.2) is 35.9 Å². The summed E-state index contributed by atoms with van der Waals surface area (Å²) in [5.74, 6) is 0. The Hall–Kier alpha value is -0.370. The second-order valence-corrected chi connectivity index (χ2v) is 6.09. The molecule has 0 aliphatic carbocycles. The minimum Gasteiger partial charge on any atom is -0.696 e. The summed E-state index contributed by atoms with van der Waals surface area (Å²) in [6.45, 7) is 14.7. The molecule has 0 spiro atoms. The molecule has 0 bridgehead atoms. The van der Waals surface area contributed by atoms with Gasteiger partial charge in [-0.1, -0.05) is 5.40 Å². The van der Waals surface area contributed by atoms with Gasteiger partial charge in [-0.3, -0.25) is 4.48 Å². The standard InChI is InChI=1S/C12H26NO.CHNS/c1-11(2)14-10-13(12(3,4)5)8-6-7-9-13;2-1-3/h11H,6-10H2,1-5H3;3H/q+1;/p-1. The Morgan fingerprint density at radius 3 is 2.00 bits per heavy atom. The Morgan fingerprint density at radius 2 is 1.71 bits per heavy atom. The first-order valence-electron chi connectivity index (χ1n) is 6.28. The van der Waals surface area contributed by atoms with E-state index >= 15 is 0 Å². The normalized spacial score (nSPS) is 18.4. The van der Waals surface area contributed by atoms with Gasteiger partial charge in [0, 0.05) is 12.8 Å². The molecule has 1 fully saturated rings. The first-order valence-corrected chi connectivity index (χ1v) is 6.69. The molecule has 0 N–H and O–H groups in total. The van der Waals surface area contributed by atoms with Gasteiger partial charge in [0.1, 0.15) is 0 Å². The number of quaternary nitrogens is 1. The molecule has 1 heterocycles. The predicted molar refractivity (Wildman–Crippen MR) is 73.0 cm³/mol. The highest BCUT2D eigenvalue weighted by atomic mass is 32.1. The number of hydrogen-bond acceptors (Lipinski definition) is 3. The molecule has 3 nitrogen and oxygen atoms in total. The SMILES string of the molecule is CC(C)OC[N+]1(C(C)(C)C)CCCC1.N#C[S-]. The van der Waals surface area contributed by atoms with E-state index in [1.807, 2.05) is 0 Å². The number of nitrogens with zero attached hydrogens (tertiary/aromatic N) is 2. The molecule has 0 saturated carbocycles. The summed E-state index contributed by atoms with van der Waals surface area (Å²) in [7, 11) is 0. The largest absolute Gasteiger partial charge is 0.696 e. The molecule has 1 saturated heterocycles. The van der Waals surface area contributed by atoms with Gasteiger partial charge in [-0.2, -0.15) is 0 Å². The van der Waals surface area contributed by atoms with Crippen LogP contribution in [0.2, 0.25) is 0 Å². The van der Waals surface area contributed by atoms with Crippen molar-refractivity contribution in [2.75, 3.05) is 19.8 Å². The Balaban J connectivity index is 0.000000770. The molecule has 1 aliphatic heterocycles. The van der Waals surface area contributed by atoms with Crippen LogP contribution in [0.5, 0.6) is 0 Å². The van der Waals surface area contributed by atoms with Crippen molar-refractivity contribution in [2.45, 2.75) is 59.1 Å². The maximum atomic E-state index is 7.13. The van der Waals surface area contributed by atoms with E-state index in [0.717, 1.165) is 11.2 Å². The van der Waals surface area contributed by atoms with Crippen LogP contribution in [0.1, 0.15) is 47.5 Å². The first-order chi connectivity index (χ1) is 7.79. The van der Waals surface area contributed by atoms with Gasteiger partial charge < -0.3 is 17.4 Å². The molecule has 0 aromatic heterocycles. The fourth-order valence-corrected chi connectivity index (χ4v) is 2.23. The summed E-state index contributed by atoms with van der Waals surface area (Å²) in [6, 6.07) is 0. The van der Waals surface area contributed by atoms with Crippen LogP contribution in [0.4, 0.5) is 0 Å². The van der Waals surface area contributed by atoms with E-state index in [-0.39, 0.29) is 0 Å². The van der Waals surface area contributed by atoms with Gasteiger partial charge in [-0.25, -0.2) is 5.26 Å². The van der Waals surface area contributed by atoms with Crippen LogP contribution in [0.3, 0.4) is 0 Å². The van der Waals surface area contributed by atoms with E-state index < -0.39 is 0 Å². The van der Waals surface area contributed by atoms with E-state index in [1.54, 1.807) is 0 Å². The number of hydrogen-bond donors (Lipinski definition) is 0. The van der Waals surface area contributed by atoms with Crippen LogP contribution in [0.25, 0.3) is 0 Å². The predicted octanol–water partition coefficient (Wildman–Crippen LogP) is 2.79. The molecule has 0 aromatic rings. The molecule has 1 aliphatic rings. The second kappa shape index (κ2) is 7.15. The Kier molecular flexibility index (Phi) is 6.99. The smallest absolute Gasteiger partial charge is 0.183 e. The lowest BCUT2D eigenvalue weighted by atomic mass is 10.0. The quantitative estimate of drug-likeness (QED) is 0.443. The zero-order chi connectivity index (χ0) is 13.5. The lowest BCUT2D eigenvalue weighted by molar-refractivity contribution is -0.977.